The molecule has 2 heterocycles. The molecule has 2 aromatic carbocycles. The highest BCUT2D eigenvalue weighted by atomic mass is 15.2. The number of hydrogen-bond acceptors (Lipinski definition) is 4. The van der Waals surface area contributed by atoms with Gasteiger partial charge in [-0.1, -0.05) is 42.5 Å². The number of aromatic nitrogens is 2. The number of aryl methyl sites for hydroxylation is 1. The van der Waals surface area contributed by atoms with Gasteiger partial charge in [0.15, 0.2) is 5.82 Å². The van der Waals surface area contributed by atoms with E-state index in [2.05, 4.69) is 51.2 Å². The molecular formula is C22H23N5. The highest BCUT2D eigenvalue weighted by molar-refractivity contribution is 5.82. The van der Waals surface area contributed by atoms with Crippen molar-refractivity contribution in [3.05, 3.63) is 72.2 Å². The van der Waals surface area contributed by atoms with Crippen molar-refractivity contribution in [3.63, 3.8) is 0 Å². The minimum atomic E-state index is 0.616. The number of nitrogens with zero attached hydrogens (tertiary/aromatic N) is 5. The maximum Gasteiger partial charge on any atom is 0.153 e. The van der Waals surface area contributed by atoms with Crippen LogP contribution in [0, 0.1) is 11.3 Å². The maximum absolute atomic E-state index is 9.70. The molecule has 0 atom stereocenters. The number of rotatable bonds is 4. The Hall–Kier alpha value is -3.10. The van der Waals surface area contributed by atoms with Crippen molar-refractivity contribution >= 4 is 16.6 Å². The van der Waals surface area contributed by atoms with Crippen LogP contribution < -0.4 is 0 Å². The van der Waals surface area contributed by atoms with E-state index < -0.39 is 0 Å². The summed E-state index contributed by atoms with van der Waals surface area (Å²) in [7, 11) is 1.97. The van der Waals surface area contributed by atoms with Crippen LogP contribution in [0.25, 0.3) is 16.6 Å². The van der Waals surface area contributed by atoms with Gasteiger partial charge in [-0.3, -0.25) is 4.90 Å². The smallest absolute Gasteiger partial charge is 0.153 e. The summed E-state index contributed by atoms with van der Waals surface area (Å²) in [6.07, 6.45) is 1.97. The van der Waals surface area contributed by atoms with Crippen molar-refractivity contribution in [2.75, 3.05) is 26.2 Å². The fourth-order valence-electron chi connectivity index (χ4n) is 3.60. The standard InChI is InChI=1S/C22H23N5/c1-25-21-10-6-5-9-20(21)24-22(25)19(15-23)17-27-13-11-26(12-14-27)16-18-7-3-2-4-8-18/h2-10,17H,11-14,16H2,1H3. The van der Waals surface area contributed by atoms with Crippen LogP contribution in [-0.2, 0) is 13.6 Å². The lowest BCUT2D eigenvalue weighted by atomic mass is 10.2. The van der Waals surface area contributed by atoms with Gasteiger partial charge in [-0.15, -0.1) is 0 Å². The predicted molar refractivity (Wildman–Crippen MR) is 108 cm³/mol. The highest BCUT2D eigenvalue weighted by Crippen LogP contribution is 2.21. The summed E-state index contributed by atoms with van der Waals surface area (Å²) in [5, 5.41) is 9.70. The summed E-state index contributed by atoms with van der Waals surface area (Å²) < 4.78 is 2.00. The van der Waals surface area contributed by atoms with Gasteiger partial charge >= 0.3 is 0 Å². The molecule has 4 rings (SSSR count). The SMILES string of the molecule is Cn1c(C(C#N)=CN2CCN(Cc3ccccc3)CC2)nc2ccccc21. The summed E-state index contributed by atoms with van der Waals surface area (Å²) in [6, 6.07) is 20.9. The fourth-order valence-corrected chi connectivity index (χ4v) is 3.60. The Kier molecular flexibility index (Phi) is 4.91. The lowest BCUT2D eigenvalue weighted by Gasteiger charge is -2.34. The Bertz CT molecular complexity index is 988. The molecule has 0 spiro atoms. The molecule has 1 aliphatic rings. The molecular weight excluding hydrogens is 334 g/mol. The molecule has 27 heavy (non-hydrogen) atoms. The quantitative estimate of drug-likeness (QED) is 0.673. The monoisotopic (exact) mass is 357 g/mol. The van der Waals surface area contributed by atoms with Gasteiger partial charge in [0, 0.05) is 46.0 Å². The van der Waals surface area contributed by atoms with Crippen molar-refractivity contribution in [2.45, 2.75) is 6.54 Å². The van der Waals surface area contributed by atoms with E-state index in [4.69, 9.17) is 0 Å². The molecule has 136 valence electrons. The number of benzene rings is 2. The molecule has 0 bridgehead atoms. The number of hydrogen-bond donors (Lipinski definition) is 0. The van der Waals surface area contributed by atoms with Gasteiger partial charge in [0.2, 0.25) is 0 Å². The van der Waals surface area contributed by atoms with E-state index in [-0.39, 0.29) is 0 Å². The Morgan fingerprint density at radius 1 is 1.04 bits per heavy atom. The van der Waals surface area contributed by atoms with E-state index in [1.807, 2.05) is 42.1 Å². The average molecular weight is 357 g/mol. The van der Waals surface area contributed by atoms with Crippen molar-refractivity contribution in [2.24, 2.45) is 7.05 Å². The number of para-hydroxylation sites is 2. The minimum absolute atomic E-state index is 0.616. The second-order valence-electron chi connectivity index (χ2n) is 6.94. The molecule has 1 fully saturated rings. The van der Waals surface area contributed by atoms with E-state index in [1.165, 1.54) is 5.56 Å². The predicted octanol–water partition coefficient (Wildman–Crippen LogP) is 3.26. The van der Waals surface area contributed by atoms with Crippen molar-refractivity contribution in [1.82, 2.24) is 19.4 Å². The molecule has 3 aromatic rings. The molecule has 0 saturated carbocycles. The van der Waals surface area contributed by atoms with E-state index in [0.717, 1.165) is 49.6 Å². The molecule has 0 radical (unpaired) electrons. The van der Waals surface area contributed by atoms with E-state index in [1.54, 1.807) is 0 Å². The molecule has 5 nitrogen and oxygen atoms in total. The highest BCUT2D eigenvalue weighted by Gasteiger charge is 2.17. The first-order valence-electron chi connectivity index (χ1n) is 9.28. The largest absolute Gasteiger partial charge is 0.374 e. The maximum atomic E-state index is 9.70. The molecule has 5 heteroatoms. The zero-order valence-electron chi connectivity index (χ0n) is 15.5. The van der Waals surface area contributed by atoms with Crippen molar-refractivity contribution < 1.29 is 0 Å². The second kappa shape index (κ2) is 7.65. The van der Waals surface area contributed by atoms with Gasteiger partial charge in [0.25, 0.3) is 0 Å². The number of allylic oxidation sites excluding steroid dienone is 1. The summed E-state index contributed by atoms with van der Waals surface area (Å²) in [4.78, 5) is 9.35. The van der Waals surface area contributed by atoms with Crippen LogP contribution in [-0.4, -0.2) is 45.5 Å². The van der Waals surface area contributed by atoms with E-state index >= 15 is 0 Å². The summed E-state index contributed by atoms with van der Waals surface area (Å²) in [5.74, 6) is 0.727. The molecule has 0 unspecified atom stereocenters. The van der Waals surface area contributed by atoms with Crippen LogP contribution in [0.4, 0.5) is 0 Å². The Morgan fingerprint density at radius 3 is 2.44 bits per heavy atom. The first-order chi connectivity index (χ1) is 13.2. The van der Waals surface area contributed by atoms with Crippen molar-refractivity contribution in [3.8, 4) is 6.07 Å². The van der Waals surface area contributed by atoms with E-state index in [0.29, 0.717) is 5.57 Å². The average Bonchev–Trinajstić information content (AvgIpc) is 3.05. The van der Waals surface area contributed by atoms with Gasteiger partial charge in [-0.2, -0.15) is 5.26 Å². The lowest BCUT2D eigenvalue weighted by Crippen LogP contribution is -2.43. The zero-order valence-corrected chi connectivity index (χ0v) is 15.5. The van der Waals surface area contributed by atoms with Crippen LogP contribution in [0.15, 0.2) is 60.8 Å². The molecule has 0 amide bonds. The number of piperazine rings is 1. The van der Waals surface area contributed by atoms with Crippen LogP contribution in [0.2, 0.25) is 0 Å². The topological polar surface area (TPSA) is 48.1 Å². The van der Waals surface area contributed by atoms with Gasteiger partial charge < -0.3 is 9.47 Å². The van der Waals surface area contributed by atoms with Gasteiger partial charge in [0.1, 0.15) is 11.6 Å². The van der Waals surface area contributed by atoms with Crippen LogP contribution >= 0.6 is 0 Å². The summed E-state index contributed by atoms with van der Waals surface area (Å²) >= 11 is 0. The van der Waals surface area contributed by atoms with Crippen molar-refractivity contribution in [1.29, 1.82) is 5.26 Å². The van der Waals surface area contributed by atoms with Crippen LogP contribution in [0.3, 0.4) is 0 Å². The number of nitriles is 1. The Labute approximate surface area is 159 Å². The number of imidazole rings is 1. The lowest BCUT2D eigenvalue weighted by molar-refractivity contribution is 0.162. The number of fused-ring (bicyclic) bond motifs is 1. The third kappa shape index (κ3) is 3.71. The third-order valence-electron chi connectivity index (χ3n) is 5.12. The zero-order chi connectivity index (χ0) is 18.6. The molecule has 0 aliphatic carbocycles. The Morgan fingerprint density at radius 2 is 1.74 bits per heavy atom. The first-order valence-corrected chi connectivity index (χ1v) is 9.28. The van der Waals surface area contributed by atoms with Gasteiger partial charge in [0.05, 0.1) is 11.0 Å². The summed E-state index contributed by atoms with van der Waals surface area (Å²) in [5.41, 5.74) is 3.93. The van der Waals surface area contributed by atoms with Gasteiger partial charge in [-0.25, -0.2) is 4.98 Å². The van der Waals surface area contributed by atoms with Crippen LogP contribution in [0.1, 0.15) is 11.4 Å². The third-order valence-corrected chi connectivity index (χ3v) is 5.12. The fraction of sp³-hybridized carbons (Fsp3) is 0.273. The van der Waals surface area contributed by atoms with E-state index in [9.17, 15) is 5.26 Å². The molecule has 1 aromatic heterocycles. The van der Waals surface area contributed by atoms with Gasteiger partial charge in [-0.05, 0) is 17.7 Å². The normalized spacial score (nSPS) is 15.9. The molecule has 0 N–H and O–H groups in total. The second-order valence-corrected chi connectivity index (χ2v) is 6.94. The Balaban J connectivity index is 1.46. The molecule has 1 aliphatic heterocycles. The summed E-state index contributed by atoms with van der Waals surface area (Å²) in [6.45, 7) is 4.80. The molecule has 1 saturated heterocycles. The van der Waals surface area contributed by atoms with Crippen LogP contribution in [0.5, 0.6) is 0 Å². The minimum Gasteiger partial charge on any atom is -0.374 e. The first kappa shape index (κ1) is 17.3.